The van der Waals surface area contributed by atoms with Gasteiger partial charge in [0, 0.05) is 42.7 Å². The molecular weight excluding hydrogens is 517 g/mol. The Hall–Kier alpha value is -0.369. The van der Waals surface area contributed by atoms with Gasteiger partial charge in [0.2, 0.25) is 0 Å². The van der Waals surface area contributed by atoms with E-state index < -0.39 is 0 Å². The maximum atomic E-state index is 5.44. The first-order chi connectivity index (χ1) is 18.1. The number of hydrogen-bond acceptors (Lipinski definition) is 6. The molecule has 6 nitrogen and oxygen atoms in total. The molecule has 37 heavy (non-hydrogen) atoms. The van der Waals surface area contributed by atoms with Crippen molar-refractivity contribution in [1.29, 1.82) is 0 Å². The zero-order chi connectivity index (χ0) is 27.2. The maximum Gasteiger partial charge on any atom is 0.134 e. The fourth-order valence-corrected chi connectivity index (χ4v) is 9.79. The molecule has 0 heterocycles. The average Bonchev–Trinajstić information content (AvgIpc) is 2.94. The zero-order valence-electron chi connectivity index (χ0n) is 24.7. The van der Waals surface area contributed by atoms with Crippen LogP contribution in [-0.4, -0.2) is 89.0 Å². The lowest BCUT2D eigenvalue weighted by molar-refractivity contribution is -0.0442. The van der Waals surface area contributed by atoms with Crippen molar-refractivity contribution < 1.29 is 28.4 Å². The van der Waals surface area contributed by atoms with Gasteiger partial charge in [0.05, 0.1) is 28.6 Å². The summed E-state index contributed by atoms with van der Waals surface area (Å²) in [6.45, 7) is 0. The molecule has 0 atom stereocenters. The van der Waals surface area contributed by atoms with Crippen LogP contribution < -0.4 is 0 Å². The quantitative estimate of drug-likeness (QED) is 0.101. The van der Waals surface area contributed by atoms with Crippen LogP contribution >= 0.6 is 0 Å². The van der Waals surface area contributed by atoms with Gasteiger partial charge >= 0.3 is 0 Å². The summed E-state index contributed by atoms with van der Waals surface area (Å²) in [4.78, 5) is 0. The minimum atomic E-state index is -0.355. The van der Waals surface area contributed by atoms with E-state index in [4.69, 9.17) is 28.4 Å². The van der Waals surface area contributed by atoms with Crippen molar-refractivity contribution in [2.24, 2.45) is 0 Å². The number of rotatable bonds is 25. The summed E-state index contributed by atoms with van der Waals surface area (Å²) in [5, 5.41) is 0. The highest BCUT2D eigenvalue weighted by atomic mass is 28.2. The van der Waals surface area contributed by atoms with Crippen LogP contribution in [0.3, 0.4) is 0 Å². The van der Waals surface area contributed by atoms with Gasteiger partial charge in [0.1, 0.15) is 17.7 Å². The number of ether oxygens (including phenoxy) is 6. The van der Waals surface area contributed by atoms with E-state index in [9.17, 15) is 0 Å². The third kappa shape index (κ3) is 14.5. The number of benzene rings is 1. The second kappa shape index (κ2) is 22.4. The Bertz CT molecular complexity index is 573. The predicted molar refractivity (Wildman–Crippen MR) is 163 cm³/mol. The monoisotopic (exact) mass is 572 g/mol. The first-order valence-corrected chi connectivity index (χ1v) is 19.8. The molecule has 1 aromatic rings. The minimum absolute atomic E-state index is 0.0540. The van der Waals surface area contributed by atoms with Gasteiger partial charge in [0.25, 0.3) is 0 Å². The van der Waals surface area contributed by atoms with Crippen LogP contribution in [0, 0.1) is 0 Å². The van der Waals surface area contributed by atoms with Gasteiger partial charge in [-0.25, -0.2) is 0 Å². The van der Waals surface area contributed by atoms with Crippen molar-refractivity contribution in [1.82, 2.24) is 0 Å². The largest absolute Gasteiger partial charge is 0.360 e. The molecule has 0 saturated heterocycles. The first kappa shape index (κ1) is 34.7. The molecule has 0 aliphatic rings. The molecule has 0 amide bonds. The lowest BCUT2D eigenvalue weighted by atomic mass is 9.69. The molecule has 0 bridgehead atoms. The molecule has 0 fully saturated rings. The summed E-state index contributed by atoms with van der Waals surface area (Å²) < 4.78 is 32.7. The van der Waals surface area contributed by atoms with E-state index >= 15 is 0 Å². The van der Waals surface area contributed by atoms with E-state index in [1.54, 1.807) is 42.7 Å². The second-order valence-corrected chi connectivity index (χ2v) is 16.0. The number of methoxy groups -OCH3 is 6. The van der Waals surface area contributed by atoms with Crippen molar-refractivity contribution in [2.45, 2.75) is 99.1 Å². The molecule has 0 aromatic heterocycles. The van der Waals surface area contributed by atoms with Gasteiger partial charge in [-0.15, -0.1) is 0 Å². The Morgan fingerprint density at radius 2 is 0.838 bits per heavy atom. The molecule has 0 spiro atoms. The highest BCUT2D eigenvalue weighted by molar-refractivity contribution is 6.37. The molecule has 0 radical (unpaired) electrons. The Labute approximate surface area is 234 Å². The van der Waals surface area contributed by atoms with Crippen LogP contribution in [0.1, 0.15) is 63.4 Å². The Kier molecular flexibility index (Phi) is 21.0. The number of hydrogen-bond donors (Lipinski definition) is 0. The smallest absolute Gasteiger partial charge is 0.134 e. The summed E-state index contributed by atoms with van der Waals surface area (Å²) >= 11 is 0. The van der Waals surface area contributed by atoms with Crippen molar-refractivity contribution in [3.63, 3.8) is 0 Å². The molecular formula is C28H56O6Si3. The van der Waals surface area contributed by atoms with Crippen LogP contribution in [-0.2, 0) is 33.8 Å². The molecule has 9 heteroatoms. The summed E-state index contributed by atoms with van der Waals surface area (Å²) in [5.41, 5.74) is 1.80. The van der Waals surface area contributed by atoms with Crippen LogP contribution in [0.4, 0.5) is 0 Å². The molecule has 1 rings (SSSR count). The van der Waals surface area contributed by atoms with Crippen LogP contribution in [0.15, 0.2) is 30.3 Å². The van der Waals surface area contributed by atoms with Crippen molar-refractivity contribution in [3.05, 3.63) is 35.9 Å². The van der Waals surface area contributed by atoms with Gasteiger partial charge in [-0.1, -0.05) is 87.0 Å². The summed E-state index contributed by atoms with van der Waals surface area (Å²) in [7, 11) is 9.50. The molecule has 0 N–H and O–H groups in total. The average molecular weight is 573 g/mol. The summed E-state index contributed by atoms with van der Waals surface area (Å²) in [5.74, 6) is 0.162. The fourth-order valence-electron chi connectivity index (χ4n) is 5.45. The van der Waals surface area contributed by atoms with Crippen LogP contribution in [0.25, 0.3) is 0 Å². The molecule has 0 aliphatic heterocycles. The van der Waals surface area contributed by atoms with Gasteiger partial charge in [0.15, 0.2) is 0 Å². The standard InChI is InChI=1S/C28H56O6Si3/c1-29-25(30-2)35-21-13-10-18-28(24-16-8-7-9-17-24,19-11-14-22-36-26(31-3)32-4)20-12-15-23-37-27(33-5)34-6/h7-9,16-17,25-27H,10-15,18-23,35-37H2,1-6H3. The van der Waals surface area contributed by atoms with Gasteiger partial charge in [-0.2, -0.15) is 0 Å². The maximum absolute atomic E-state index is 5.44. The van der Waals surface area contributed by atoms with E-state index in [2.05, 4.69) is 30.3 Å². The molecule has 1 aromatic carbocycles. The van der Waals surface area contributed by atoms with E-state index in [1.807, 2.05) is 0 Å². The third-order valence-electron chi connectivity index (χ3n) is 7.75. The van der Waals surface area contributed by atoms with Crippen molar-refractivity contribution in [2.75, 3.05) is 42.7 Å². The van der Waals surface area contributed by atoms with Crippen LogP contribution in [0.5, 0.6) is 0 Å². The first-order valence-electron chi connectivity index (χ1n) is 14.3. The highest BCUT2D eigenvalue weighted by Crippen LogP contribution is 2.40. The van der Waals surface area contributed by atoms with Crippen molar-refractivity contribution in [3.8, 4) is 0 Å². The van der Waals surface area contributed by atoms with Crippen molar-refractivity contribution >= 4 is 28.6 Å². The van der Waals surface area contributed by atoms with E-state index in [1.165, 1.54) is 81.5 Å². The predicted octanol–water partition coefficient (Wildman–Crippen LogP) is 3.93. The van der Waals surface area contributed by atoms with Gasteiger partial charge in [-0.05, 0) is 30.2 Å². The zero-order valence-corrected chi connectivity index (χ0v) is 28.9. The molecule has 0 aliphatic carbocycles. The number of unbranched alkanes of at least 4 members (excludes halogenated alkanes) is 3. The minimum Gasteiger partial charge on any atom is -0.360 e. The lowest BCUT2D eigenvalue weighted by Gasteiger charge is -2.36. The Morgan fingerprint density at radius 3 is 1.14 bits per heavy atom. The Balaban J connectivity index is 2.81. The SMILES string of the molecule is COC(OC)[SiH2]CCCCC(CCCC[SiH2]C(OC)OC)(CCCC[SiH2]C(OC)OC)c1ccccc1. The second-order valence-electron chi connectivity index (χ2n) is 10.1. The van der Waals surface area contributed by atoms with Crippen LogP contribution in [0.2, 0.25) is 18.1 Å². The topological polar surface area (TPSA) is 55.4 Å². The van der Waals surface area contributed by atoms with Gasteiger partial charge < -0.3 is 28.4 Å². The normalized spacial score (nSPS) is 14.6. The molecule has 0 unspecified atom stereocenters. The summed E-state index contributed by atoms with van der Waals surface area (Å²) in [6.07, 6.45) is 11.4. The Morgan fingerprint density at radius 1 is 0.514 bits per heavy atom. The van der Waals surface area contributed by atoms with E-state index in [0.717, 1.165) is 0 Å². The highest BCUT2D eigenvalue weighted by Gasteiger charge is 2.30. The molecule has 0 saturated carbocycles. The fraction of sp³-hybridized carbons (Fsp3) is 0.786. The summed E-state index contributed by atoms with van der Waals surface area (Å²) in [6, 6.07) is 15.2. The third-order valence-corrected chi connectivity index (χ3v) is 13.9. The van der Waals surface area contributed by atoms with E-state index in [-0.39, 0.29) is 51.7 Å². The lowest BCUT2D eigenvalue weighted by Crippen LogP contribution is -2.27. The molecule has 216 valence electrons. The van der Waals surface area contributed by atoms with Gasteiger partial charge in [-0.3, -0.25) is 0 Å². The van der Waals surface area contributed by atoms with E-state index in [0.29, 0.717) is 0 Å².